The zero-order valence-corrected chi connectivity index (χ0v) is 10.2. The Labute approximate surface area is 105 Å². The van der Waals surface area contributed by atoms with E-state index < -0.39 is 23.1 Å². The Morgan fingerprint density at radius 1 is 1.39 bits per heavy atom. The van der Waals surface area contributed by atoms with Gasteiger partial charge in [-0.05, 0) is 18.6 Å². The Balaban J connectivity index is 2.27. The van der Waals surface area contributed by atoms with Crippen LogP contribution in [0.3, 0.4) is 0 Å². The molecule has 1 aliphatic heterocycles. The lowest BCUT2D eigenvalue weighted by atomic mass is 10.1. The van der Waals surface area contributed by atoms with Gasteiger partial charge in [0.2, 0.25) is 0 Å². The van der Waals surface area contributed by atoms with Crippen LogP contribution in [0.1, 0.15) is 23.7 Å². The molecule has 1 aromatic rings. The van der Waals surface area contributed by atoms with Crippen molar-refractivity contribution in [3.05, 3.63) is 35.4 Å². The smallest absolute Gasteiger partial charge is 0.260 e. The van der Waals surface area contributed by atoms with Crippen LogP contribution < -0.4 is 5.32 Å². The van der Waals surface area contributed by atoms with Crippen molar-refractivity contribution in [2.24, 2.45) is 0 Å². The maximum atomic E-state index is 13.6. The number of nitrogens with zero attached hydrogens (tertiary/aromatic N) is 1. The molecule has 0 spiro atoms. The van der Waals surface area contributed by atoms with Gasteiger partial charge in [0.15, 0.2) is 0 Å². The molecule has 1 aliphatic rings. The third-order valence-corrected chi connectivity index (χ3v) is 3.10. The van der Waals surface area contributed by atoms with Gasteiger partial charge in [-0.3, -0.25) is 4.79 Å². The van der Waals surface area contributed by atoms with E-state index in [4.69, 9.17) is 0 Å². The molecule has 0 saturated carbocycles. The molecule has 1 fully saturated rings. The number of benzene rings is 1. The number of hydrogen-bond donors (Lipinski definition) is 1. The lowest BCUT2D eigenvalue weighted by Gasteiger charge is -2.38. The van der Waals surface area contributed by atoms with E-state index in [-0.39, 0.29) is 6.04 Å². The maximum absolute atomic E-state index is 13.6. The third-order valence-electron chi connectivity index (χ3n) is 3.10. The molecule has 1 N–H and O–H groups in total. The second kappa shape index (κ2) is 5.44. The summed E-state index contributed by atoms with van der Waals surface area (Å²) < 4.78 is 27.2. The zero-order valence-electron chi connectivity index (χ0n) is 10.2. The van der Waals surface area contributed by atoms with E-state index in [0.29, 0.717) is 19.6 Å². The highest BCUT2D eigenvalue weighted by Crippen LogP contribution is 2.18. The minimum atomic E-state index is -0.798. The number of carbonyl (C=O) groups is 1. The molecule has 3 nitrogen and oxygen atoms in total. The lowest BCUT2D eigenvalue weighted by Crippen LogP contribution is -2.59. The second-order valence-electron chi connectivity index (χ2n) is 4.41. The summed E-state index contributed by atoms with van der Waals surface area (Å²) in [6.45, 7) is 3.81. The maximum Gasteiger partial charge on any atom is 0.260 e. The molecule has 0 atom stereocenters. The summed E-state index contributed by atoms with van der Waals surface area (Å²) in [5.74, 6) is -2.15. The number of halogens is 2. The lowest BCUT2D eigenvalue weighted by molar-refractivity contribution is 0.0606. The first-order valence-electron chi connectivity index (χ1n) is 6.10. The van der Waals surface area contributed by atoms with Crippen molar-refractivity contribution in [3.8, 4) is 0 Å². The highest BCUT2D eigenvalue weighted by Gasteiger charge is 2.31. The molecule has 0 aromatic heterocycles. The molecule has 5 heteroatoms. The quantitative estimate of drug-likeness (QED) is 0.888. The van der Waals surface area contributed by atoms with Crippen molar-refractivity contribution < 1.29 is 13.6 Å². The van der Waals surface area contributed by atoms with E-state index in [9.17, 15) is 13.6 Å². The van der Waals surface area contributed by atoms with E-state index in [0.717, 1.165) is 18.6 Å². The molecule has 0 unspecified atom stereocenters. The largest absolute Gasteiger partial charge is 0.333 e. The Kier molecular flexibility index (Phi) is 3.91. The number of nitrogens with one attached hydrogen (secondary N) is 1. The van der Waals surface area contributed by atoms with Gasteiger partial charge in [-0.1, -0.05) is 13.0 Å². The minimum absolute atomic E-state index is 0.0384. The average molecular weight is 254 g/mol. The Hall–Kier alpha value is -1.49. The summed E-state index contributed by atoms with van der Waals surface area (Å²) in [5.41, 5.74) is -0.446. The van der Waals surface area contributed by atoms with Crippen molar-refractivity contribution in [2.45, 2.75) is 19.4 Å². The van der Waals surface area contributed by atoms with Crippen LogP contribution in [0, 0.1) is 11.6 Å². The van der Waals surface area contributed by atoms with Crippen LogP contribution in [0.15, 0.2) is 18.2 Å². The Morgan fingerprint density at radius 3 is 2.44 bits per heavy atom. The fraction of sp³-hybridized carbons (Fsp3) is 0.462. The molecular formula is C13H16F2N2O. The number of amides is 1. The Morgan fingerprint density at radius 2 is 2.00 bits per heavy atom. The van der Waals surface area contributed by atoms with Crippen LogP contribution in [0.2, 0.25) is 0 Å². The van der Waals surface area contributed by atoms with Gasteiger partial charge in [0, 0.05) is 19.6 Å². The van der Waals surface area contributed by atoms with Crippen molar-refractivity contribution >= 4 is 5.91 Å². The summed E-state index contributed by atoms with van der Waals surface area (Å²) in [4.78, 5) is 13.8. The van der Waals surface area contributed by atoms with E-state index in [1.807, 2.05) is 6.92 Å². The first-order valence-corrected chi connectivity index (χ1v) is 6.10. The summed E-state index contributed by atoms with van der Waals surface area (Å²) in [5, 5.41) is 3.05. The van der Waals surface area contributed by atoms with Crippen LogP contribution in [0.5, 0.6) is 0 Å². The monoisotopic (exact) mass is 254 g/mol. The third kappa shape index (κ3) is 2.36. The fourth-order valence-electron chi connectivity index (χ4n) is 2.03. The molecule has 18 heavy (non-hydrogen) atoms. The predicted molar refractivity (Wildman–Crippen MR) is 64.3 cm³/mol. The highest BCUT2D eigenvalue weighted by molar-refractivity contribution is 5.95. The van der Waals surface area contributed by atoms with Crippen molar-refractivity contribution in [3.63, 3.8) is 0 Å². The standard InChI is InChI=1S/C13H16F2N2O/c1-2-6-17(9-7-16-8-9)13(18)12-10(14)4-3-5-11(12)15/h3-5,9,16H,2,6-8H2,1H3. The Bertz CT molecular complexity index is 426. The van der Waals surface area contributed by atoms with Gasteiger partial charge in [0.1, 0.15) is 17.2 Å². The molecule has 1 saturated heterocycles. The van der Waals surface area contributed by atoms with Crippen molar-refractivity contribution in [2.75, 3.05) is 19.6 Å². The molecular weight excluding hydrogens is 238 g/mol. The number of hydrogen-bond acceptors (Lipinski definition) is 2. The zero-order chi connectivity index (χ0) is 13.1. The van der Waals surface area contributed by atoms with Crippen LogP contribution in [0.4, 0.5) is 8.78 Å². The summed E-state index contributed by atoms with van der Waals surface area (Å²) in [7, 11) is 0. The molecule has 0 aliphatic carbocycles. The summed E-state index contributed by atoms with van der Waals surface area (Å²) in [6, 6.07) is 3.52. The number of carbonyl (C=O) groups excluding carboxylic acids is 1. The molecule has 2 rings (SSSR count). The number of rotatable bonds is 4. The summed E-state index contributed by atoms with van der Waals surface area (Å²) in [6.07, 6.45) is 0.762. The van der Waals surface area contributed by atoms with Gasteiger partial charge in [-0.25, -0.2) is 8.78 Å². The van der Waals surface area contributed by atoms with E-state index >= 15 is 0 Å². The van der Waals surface area contributed by atoms with Gasteiger partial charge < -0.3 is 10.2 Å². The SMILES string of the molecule is CCCN(C(=O)c1c(F)cccc1F)C1CNC1. The van der Waals surface area contributed by atoms with Gasteiger partial charge in [0.25, 0.3) is 5.91 Å². The van der Waals surface area contributed by atoms with E-state index in [1.54, 1.807) is 4.90 Å². The summed E-state index contributed by atoms with van der Waals surface area (Å²) >= 11 is 0. The second-order valence-corrected chi connectivity index (χ2v) is 4.41. The van der Waals surface area contributed by atoms with E-state index in [2.05, 4.69) is 5.32 Å². The first-order chi connectivity index (χ1) is 8.65. The highest BCUT2D eigenvalue weighted by atomic mass is 19.1. The minimum Gasteiger partial charge on any atom is -0.333 e. The van der Waals surface area contributed by atoms with Gasteiger partial charge >= 0.3 is 0 Å². The van der Waals surface area contributed by atoms with Crippen LogP contribution in [-0.4, -0.2) is 36.5 Å². The molecule has 1 aromatic carbocycles. The van der Waals surface area contributed by atoms with Crippen LogP contribution in [-0.2, 0) is 0 Å². The topological polar surface area (TPSA) is 32.3 Å². The molecule has 1 heterocycles. The van der Waals surface area contributed by atoms with Gasteiger partial charge in [0.05, 0.1) is 6.04 Å². The molecule has 0 radical (unpaired) electrons. The first kappa shape index (κ1) is 13.0. The van der Waals surface area contributed by atoms with Gasteiger partial charge in [-0.15, -0.1) is 0 Å². The predicted octanol–water partition coefficient (Wildman–Crippen LogP) is 1.79. The molecule has 1 amide bonds. The van der Waals surface area contributed by atoms with Crippen LogP contribution in [0.25, 0.3) is 0 Å². The normalized spacial score (nSPS) is 15.3. The molecule has 0 bridgehead atoms. The van der Waals surface area contributed by atoms with Crippen molar-refractivity contribution in [1.29, 1.82) is 0 Å². The van der Waals surface area contributed by atoms with E-state index in [1.165, 1.54) is 6.07 Å². The van der Waals surface area contributed by atoms with Crippen molar-refractivity contribution in [1.82, 2.24) is 10.2 Å². The average Bonchev–Trinajstić information content (AvgIpc) is 2.25. The van der Waals surface area contributed by atoms with Gasteiger partial charge in [-0.2, -0.15) is 0 Å². The van der Waals surface area contributed by atoms with Crippen LogP contribution >= 0.6 is 0 Å². The molecule has 98 valence electrons. The fourth-order valence-corrected chi connectivity index (χ4v) is 2.03.